The fourth-order valence-electron chi connectivity index (χ4n) is 1.98. The van der Waals surface area contributed by atoms with Gasteiger partial charge in [-0.15, -0.1) is 0 Å². The third-order valence-corrected chi connectivity index (χ3v) is 3.72. The van der Waals surface area contributed by atoms with E-state index in [1.807, 2.05) is 0 Å². The van der Waals surface area contributed by atoms with Crippen molar-refractivity contribution in [1.29, 1.82) is 0 Å². The van der Waals surface area contributed by atoms with Crippen LogP contribution in [0, 0.1) is 5.82 Å². The van der Waals surface area contributed by atoms with E-state index in [4.69, 9.17) is 5.73 Å². The van der Waals surface area contributed by atoms with Gasteiger partial charge in [-0.3, -0.25) is 9.59 Å². The van der Waals surface area contributed by atoms with Crippen LogP contribution in [0.2, 0.25) is 0 Å². The first kappa shape index (κ1) is 12.9. The number of rotatable bonds is 2. The molecule has 1 heterocycles. The number of amides is 1. The minimum absolute atomic E-state index is 0.0261. The van der Waals surface area contributed by atoms with Gasteiger partial charge in [0.2, 0.25) is 5.91 Å². The van der Waals surface area contributed by atoms with E-state index in [9.17, 15) is 14.0 Å². The number of hydrogen-bond acceptors (Lipinski definition) is 4. The average Bonchev–Trinajstić information content (AvgIpc) is 2.62. The SMILES string of the molecule is CC(=O)SC1CC(=O)N(c2cccc(F)c2N)C1. The van der Waals surface area contributed by atoms with Crippen molar-refractivity contribution in [2.45, 2.75) is 18.6 Å². The van der Waals surface area contributed by atoms with E-state index in [0.29, 0.717) is 12.2 Å². The molecule has 0 saturated carbocycles. The van der Waals surface area contributed by atoms with Gasteiger partial charge in [-0.1, -0.05) is 17.8 Å². The molecule has 1 aromatic carbocycles. The van der Waals surface area contributed by atoms with Gasteiger partial charge in [0.05, 0.1) is 11.4 Å². The van der Waals surface area contributed by atoms with Crippen molar-refractivity contribution in [3.05, 3.63) is 24.0 Å². The molecule has 6 heteroatoms. The van der Waals surface area contributed by atoms with Crippen molar-refractivity contribution in [1.82, 2.24) is 0 Å². The Hall–Kier alpha value is -1.56. The Balaban J connectivity index is 2.22. The third-order valence-electron chi connectivity index (χ3n) is 2.74. The number of benzene rings is 1. The van der Waals surface area contributed by atoms with Gasteiger partial charge in [0, 0.05) is 25.1 Å². The number of thioether (sulfide) groups is 1. The molecule has 1 unspecified atom stereocenters. The van der Waals surface area contributed by atoms with Gasteiger partial charge >= 0.3 is 0 Å². The maximum Gasteiger partial charge on any atom is 0.228 e. The van der Waals surface area contributed by atoms with Crippen molar-refractivity contribution in [2.24, 2.45) is 0 Å². The number of halogens is 1. The summed E-state index contributed by atoms with van der Waals surface area (Å²) >= 11 is 1.14. The predicted molar refractivity (Wildman–Crippen MR) is 69.8 cm³/mol. The fraction of sp³-hybridized carbons (Fsp3) is 0.333. The van der Waals surface area contributed by atoms with E-state index in [1.54, 1.807) is 6.07 Å². The van der Waals surface area contributed by atoms with Crippen LogP contribution in [0.25, 0.3) is 0 Å². The highest BCUT2D eigenvalue weighted by molar-refractivity contribution is 8.14. The molecule has 1 atom stereocenters. The summed E-state index contributed by atoms with van der Waals surface area (Å²) < 4.78 is 13.3. The number of hydrogen-bond donors (Lipinski definition) is 1. The molecule has 2 rings (SSSR count). The monoisotopic (exact) mass is 268 g/mol. The molecule has 1 saturated heterocycles. The van der Waals surface area contributed by atoms with Crippen LogP contribution in [-0.4, -0.2) is 22.8 Å². The van der Waals surface area contributed by atoms with Crippen LogP contribution < -0.4 is 10.6 Å². The van der Waals surface area contributed by atoms with Crippen molar-refractivity contribution in [3.8, 4) is 0 Å². The fourth-order valence-corrected chi connectivity index (χ4v) is 2.90. The standard InChI is InChI=1S/C12H13FN2O2S/c1-7(16)18-8-5-11(17)15(6-8)10-4-2-3-9(13)12(10)14/h2-4,8H,5-6,14H2,1H3. The highest BCUT2D eigenvalue weighted by Gasteiger charge is 2.33. The molecule has 96 valence electrons. The number of carbonyl (C=O) groups is 2. The lowest BCUT2D eigenvalue weighted by molar-refractivity contribution is -0.117. The molecule has 4 nitrogen and oxygen atoms in total. The van der Waals surface area contributed by atoms with Gasteiger partial charge in [-0.25, -0.2) is 4.39 Å². The highest BCUT2D eigenvalue weighted by atomic mass is 32.2. The number of anilines is 2. The Morgan fingerprint density at radius 2 is 2.28 bits per heavy atom. The van der Waals surface area contributed by atoms with Crippen LogP contribution in [0.4, 0.5) is 15.8 Å². The quantitative estimate of drug-likeness (QED) is 0.831. The van der Waals surface area contributed by atoms with Gasteiger partial charge in [0.1, 0.15) is 5.82 Å². The summed E-state index contributed by atoms with van der Waals surface area (Å²) in [6.07, 6.45) is 0.278. The van der Waals surface area contributed by atoms with E-state index in [2.05, 4.69) is 0 Å². The van der Waals surface area contributed by atoms with Gasteiger partial charge < -0.3 is 10.6 Å². The molecule has 1 aromatic rings. The summed E-state index contributed by atoms with van der Waals surface area (Å²) in [7, 11) is 0. The molecule has 0 radical (unpaired) electrons. The Bertz CT molecular complexity index is 507. The maximum absolute atomic E-state index is 13.3. The Morgan fingerprint density at radius 3 is 2.94 bits per heavy atom. The van der Waals surface area contributed by atoms with Crippen LogP contribution in [0.5, 0.6) is 0 Å². The van der Waals surface area contributed by atoms with E-state index in [1.165, 1.54) is 24.0 Å². The van der Waals surface area contributed by atoms with E-state index >= 15 is 0 Å². The number of nitrogens with zero attached hydrogens (tertiary/aromatic N) is 1. The number of para-hydroxylation sites is 1. The zero-order valence-electron chi connectivity index (χ0n) is 9.85. The molecular weight excluding hydrogens is 255 g/mol. The summed E-state index contributed by atoms with van der Waals surface area (Å²) in [5.74, 6) is -0.672. The summed E-state index contributed by atoms with van der Waals surface area (Å²) in [6, 6.07) is 4.37. The second kappa shape index (κ2) is 4.97. The van der Waals surface area contributed by atoms with E-state index in [0.717, 1.165) is 11.8 Å². The van der Waals surface area contributed by atoms with Gasteiger partial charge in [-0.05, 0) is 12.1 Å². The zero-order chi connectivity index (χ0) is 13.3. The van der Waals surface area contributed by atoms with E-state index in [-0.39, 0.29) is 28.4 Å². The largest absolute Gasteiger partial charge is 0.395 e. The molecule has 1 aliphatic rings. The number of carbonyl (C=O) groups excluding carboxylic acids is 2. The summed E-state index contributed by atoms with van der Waals surface area (Å²) in [6.45, 7) is 1.85. The first-order chi connectivity index (χ1) is 8.49. The molecule has 1 amide bonds. The first-order valence-corrected chi connectivity index (χ1v) is 6.38. The van der Waals surface area contributed by atoms with Crippen molar-refractivity contribution in [3.63, 3.8) is 0 Å². The Labute approximate surface area is 108 Å². The van der Waals surface area contributed by atoms with E-state index < -0.39 is 5.82 Å². The van der Waals surface area contributed by atoms with Crippen LogP contribution in [0.3, 0.4) is 0 Å². The zero-order valence-corrected chi connectivity index (χ0v) is 10.7. The van der Waals surface area contributed by atoms with Crippen molar-refractivity contribution in [2.75, 3.05) is 17.2 Å². The van der Waals surface area contributed by atoms with Crippen molar-refractivity contribution >= 4 is 34.2 Å². The van der Waals surface area contributed by atoms with Gasteiger partial charge in [0.25, 0.3) is 0 Å². The molecule has 1 aliphatic heterocycles. The maximum atomic E-state index is 13.3. The third kappa shape index (κ3) is 2.48. The summed E-state index contributed by atoms with van der Waals surface area (Å²) in [5, 5.41) is -0.112. The molecule has 1 fully saturated rings. The first-order valence-electron chi connectivity index (χ1n) is 5.50. The molecule has 18 heavy (non-hydrogen) atoms. The second-order valence-corrected chi connectivity index (χ2v) is 5.59. The summed E-state index contributed by atoms with van der Waals surface area (Å²) in [5.41, 5.74) is 5.98. The summed E-state index contributed by atoms with van der Waals surface area (Å²) in [4.78, 5) is 24.3. The van der Waals surface area contributed by atoms with Crippen LogP contribution >= 0.6 is 11.8 Å². The molecule has 2 N–H and O–H groups in total. The Kier molecular flexibility index (Phi) is 3.56. The molecule has 0 spiro atoms. The lowest BCUT2D eigenvalue weighted by Crippen LogP contribution is -2.26. The minimum atomic E-state index is -0.539. The lowest BCUT2D eigenvalue weighted by Gasteiger charge is -2.18. The second-order valence-electron chi connectivity index (χ2n) is 4.11. The highest BCUT2D eigenvalue weighted by Crippen LogP contribution is 2.32. The van der Waals surface area contributed by atoms with Crippen LogP contribution in [0.1, 0.15) is 13.3 Å². The number of nitrogens with two attached hydrogens (primary N) is 1. The molecular formula is C12H13FN2O2S. The number of nitrogen functional groups attached to an aromatic ring is 1. The molecule has 0 aromatic heterocycles. The van der Waals surface area contributed by atoms with Gasteiger partial charge in [-0.2, -0.15) is 0 Å². The average molecular weight is 268 g/mol. The van der Waals surface area contributed by atoms with Crippen LogP contribution in [-0.2, 0) is 9.59 Å². The topological polar surface area (TPSA) is 63.4 Å². The van der Waals surface area contributed by atoms with Gasteiger partial charge in [0.15, 0.2) is 5.12 Å². The molecule has 0 bridgehead atoms. The smallest absolute Gasteiger partial charge is 0.228 e. The predicted octanol–water partition coefficient (Wildman–Crippen LogP) is 1.79. The molecule has 0 aliphatic carbocycles. The normalized spacial score (nSPS) is 19.3. The Morgan fingerprint density at radius 1 is 1.56 bits per heavy atom. The lowest BCUT2D eigenvalue weighted by atomic mass is 10.2. The van der Waals surface area contributed by atoms with Crippen LogP contribution in [0.15, 0.2) is 18.2 Å². The minimum Gasteiger partial charge on any atom is -0.395 e. The van der Waals surface area contributed by atoms with Crippen molar-refractivity contribution < 1.29 is 14.0 Å².